The number of ether oxygens (including phenoxy) is 1. The van der Waals surface area contributed by atoms with Crippen LogP contribution in [-0.2, 0) is 11.3 Å². The lowest BCUT2D eigenvalue weighted by Crippen LogP contribution is -2.39. The fourth-order valence-corrected chi connectivity index (χ4v) is 3.25. The molecule has 2 N–H and O–H groups in total. The van der Waals surface area contributed by atoms with Gasteiger partial charge in [-0.1, -0.05) is 12.1 Å². The number of H-pyrrole nitrogens is 1. The quantitative estimate of drug-likeness (QED) is 0.723. The van der Waals surface area contributed by atoms with Crippen molar-refractivity contribution < 1.29 is 14.6 Å². The smallest absolute Gasteiger partial charge is 0.335 e. The number of morpholine rings is 1. The first kappa shape index (κ1) is 17.4. The van der Waals surface area contributed by atoms with Gasteiger partial charge in [-0.3, -0.25) is 9.88 Å². The highest BCUT2D eigenvalue weighted by atomic mass is 16.5. The van der Waals surface area contributed by atoms with Crippen molar-refractivity contribution in [3.8, 4) is 11.3 Å². The molecule has 1 aliphatic heterocycles. The van der Waals surface area contributed by atoms with Gasteiger partial charge in [-0.25, -0.2) is 9.78 Å². The number of benzene rings is 1. The van der Waals surface area contributed by atoms with E-state index in [4.69, 9.17) is 9.84 Å². The molecule has 0 bridgehead atoms. The summed E-state index contributed by atoms with van der Waals surface area (Å²) in [6, 6.07) is 10.9. The second-order valence-corrected chi connectivity index (χ2v) is 6.48. The molecular weight excluding hydrogens is 344 g/mol. The number of carbonyl (C=O) groups is 1. The Morgan fingerprint density at radius 2 is 2.00 bits per heavy atom. The Morgan fingerprint density at radius 3 is 2.74 bits per heavy atom. The molecule has 1 aliphatic rings. The van der Waals surface area contributed by atoms with E-state index in [0.717, 1.165) is 29.2 Å². The molecule has 0 spiro atoms. The molecule has 138 valence electrons. The summed E-state index contributed by atoms with van der Waals surface area (Å²) in [5.41, 5.74) is 3.35. The van der Waals surface area contributed by atoms with Crippen LogP contribution in [0.4, 0.5) is 0 Å². The highest BCUT2D eigenvalue weighted by molar-refractivity contribution is 5.87. The maximum absolute atomic E-state index is 11.0. The molecule has 3 aromatic rings. The fourth-order valence-electron chi connectivity index (χ4n) is 3.25. The van der Waals surface area contributed by atoms with Crippen LogP contribution in [0.15, 0.2) is 55.0 Å². The molecule has 1 atom stereocenters. The summed E-state index contributed by atoms with van der Waals surface area (Å²) in [5, 5.41) is 9.04. The predicted molar refractivity (Wildman–Crippen MR) is 99.2 cm³/mol. The maximum atomic E-state index is 11.0. The molecule has 1 fully saturated rings. The predicted octanol–water partition coefficient (Wildman–Crippen LogP) is 2.74. The number of imidazole rings is 1. The van der Waals surface area contributed by atoms with Crippen LogP contribution in [0.5, 0.6) is 0 Å². The van der Waals surface area contributed by atoms with Gasteiger partial charge in [0.05, 0.1) is 36.7 Å². The molecule has 3 heterocycles. The van der Waals surface area contributed by atoms with Gasteiger partial charge in [0.2, 0.25) is 0 Å². The average molecular weight is 364 g/mol. The van der Waals surface area contributed by atoms with E-state index in [1.807, 2.05) is 30.5 Å². The van der Waals surface area contributed by atoms with Gasteiger partial charge < -0.3 is 14.8 Å². The van der Waals surface area contributed by atoms with E-state index in [9.17, 15) is 4.79 Å². The van der Waals surface area contributed by atoms with E-state index in [1.54, 1.807) is 24.5 Å². The van der Waals surface area contributed by atoms with Gasteiger partial charge in [-0.05, 0) is 29.8 Å². The van der Waals surface area contributed by atoms with E-state index in [1.165, 1.54) is 0 Å². The summed E-state index contributed by atoms with van der Waals surface area (Å²) < 4.78 is 5.68. The number of hydrogen-bond donors (Lipinski definition) is 2. The number of aromatic amines is 1. The average Bonchev–Trinajstić information content (AvgIpc) is 3.19. The zero-order valence-corrected chi connectivity index (χ0v) is 14.7. The molecule has 1 aromatic carbocycles. The van der Waals surface area contributed by atoms with E-state index in [-0.39, 0.29) is 6.04 Å². The van der Waals surface area contributed by atoms with Gasteiger partial charge in [-0.2, -0.15) is 0 Å². The van der Waals surface area contributed by atoms with Crippen LogP contribution in [-0.4, -0.2) is 50.7 Å². The lowest BCUT2D eigenvalue weighted by Gasteiger charge is -2.34. The highest BCUT2D eigenvalue weighted by Gasteiger charge is 2.27. The zero-order chi connectivity index (χ0) is 18.6. The Kier molecular flexibility index (Phi) is 4.95. The third kappa shape index (κ3) is 3.89. The molecule has 27 heavy (non-hydrogen) atoms. The number of aromatic nitrogens is 3. The first-order valence-electron chi connectivity index (χ1n) is 8.80. The summed E-state index contributed by atoms with van der Waals surface area (Å²) in [7, 11) is 0. The Hall–Kier alpha value is -3.03. The first-order valence-corrected chi connectivity index (χ1v) is 8.80. The minimum absolute atomic E-state index is 0.0217. The number of carboxylic acid groups (broad SMARTS) is 1. The van der Waals surface area contributed by atoms with Gasteiger partial charge >= 0.3 is 5.97 Å². The third-order valence-electron chi connectivity index (χ3n) is 4.73. The molecule has 0 aliphatic carbocycles. The molecule has 2 aromatic heterocycles. The molecule has 0 radical (unpaired) electrons. The largest absolute Gasteiger partial charge is 0.478 e. The summed E-state index contributed by atoms with van der Waals surface area (Å²) in [6.07, 6.45) is 5.35. The van der Waals surface area contributed by atoms with Crippen molar-refractivity contribution in [1.29, 1.82) is 0 Å². The lowest BCUT2D eigenvalue weighted by molar-refractivity contribution is -0.0156. The van der Waals surface area contributed by atoms with Crippen LogP contribution >= 0.6 is 0 Å². The molecule has 0 amide bonds. The number of nitrogens with zero attached hydrogens (tertiary/aromatic N) is 3. The number of nitrogens with one attached hydrogen (secondary N) is 1. The van der Waals surface area contributed by atoms with E-state index in [2.05, 4.69) is 19.9 Å². The Labute approximate surface area is 156 Å². The topological polar surface area (TPSA) is 91.3 Å². The second kappa shape index (κ2) is 7.69. The van der Waals surface area contributed by atoms with Gasteiger partial charge in [0.1, 0.15) is 5.82 Å². The van der Waals surface area contributed by atoms with Crippen molar-refractivity contribution in [3.63, 3.8) is 0 Å². The number of pyridine rings is 1. The number of rotatable bonds is 5. The van der Waals surface area contributed by atoms with Crippen LogP contribution in [0.1, 0.15) is 27.8 Å². The Bertz CT molecular complexity index is 908. The molecule has 1 unspecified atom stereocenters. The Morgan fingerprint density at radius 1 is 1.22 bits per heavy atom. The van der Waals surface area contributed by atoms with Crippen LogP contribution < -0.4 is 0 Å². The standard InChI is InChI=1S/C20H20N4O3/c25-20(26)16-3-1-14(2-4-16)12-24-9-10-27-13-18(24)19-22-11-17(23-19)15-5-7-21-8-6-15/h1-8,11,18H,9-10,12-13H2,(H,22,23)(H,25,26). The third-order valence-corrected chi connectivity index (χ3v) is 4.73. The normalized spacial score (nSPS) is 17.7. The van der Waals surface area contributed by atoms with Gasteiger partial charge in [0, 0.05) is 31.0 Å². The summed E-state index contributed by atoms with van der Waals surface area (Å²) in [5.74, 6) is -0.0475. The maximum Gasteiger partial charge on any atom is 0.335 e. The Balaban J connectivity index is 1.52. The van der Waals surface area contributed by atoms with Crippen LogP contribution in [0, 0.1) is 0 Å². The molecular formula is C20H20N4O3. The molecule has 1 saturated heterocycles. The second-order valence-electron chi connectivity index (χ2n) is 6.48. The highest BCUT2D eigenvalue weighted by Crippen LogP contribution is 2.26. The van der Waals surface area contributed by atoms with Crippen molar-refractivity contribution in [2.24, 2.45) is 0 Å². The number of carboxylic acids is 1. The zero-order valence-electron chi connectivity index (χ0n) is 14.7. The fraction of sp³-hybridized carbons (Fsp3) is 0.250. The van der Waals surface area contributed by atoms with Crippen molar-refractivity contribution in [2.75, 3.05) is 19.8 Å². The summed E-state index contributed by atoms with van der Waals surface area (Å²) in [6.45, 7) is 2.73. The number of aromatic carboxylic acids is 1. The van der Waals surface area contributed by atoms with Crippen LogP contribution in [0.3, 0.4) is 0 Å². The van der Waals surface area contributed by atoms with Crippen LogP contribution in [0.25, 0.3) is 11.3 Å². The molecule has 7 nitrogen and oxygen atoms in total. The summed E-state index contributed by atoms with van der Waals surface area (Å²) >= 11 is 0. The van der Waals surface area contributed by atoms with Gasteiger partial charge in [0.25, 0.3) is 0 Å². The number of hydrogen-bond acceptors (Lipinski definition) is 5. The van der Waals surface area contributed by atoms with Crippen molar-refractivity contribution >= 4 is 5.97 Å². The first-order chi connectivity index (χ1) is 13.2. The van der Waals surface area contributed by atoms with Crippen molar-refractivity contribution in [3.05, 3.63) is 71.9 Å². The van der Waals surface area contributed by atoms with E-state index < -0.39 is 5.97 Å². The monoisotopic (exact) mass is 364 g/mol. The van der Waals surface area contributed by atoms with E-state index >= 15 is 0 Å². The minimum atomic E-state index is -0.912. The minimum Gasteiger partial charge on any atom is -0.478 e. The molecule has 0 saturated carbocycles. The lowest BCUT2D eigenvalue weighted by atomic mass is 10.1. The van der Waals surface area contributed by atoms with E-state index in [0.29, 0.717) is 25.3 Å². The van der Waals surface area contributed by atoms with Gasteiger partial charge in [-0.15, -0.1) is 0 Å². The van der Waals surface area contributed by atoms with Crippen molar-refractivity contribution in [1.82, 2.24) is 19.9 Å². The SMILES string of the molecule is O=C(O)c1ccc(CN2CCOCC2c2ncc(-c3ccncc3)[nH]2)cc1. The molecule has 7 heteroatoms. The van der Waals surface area contributed by atoms with Crippen LogP contribution in [0.2, 0.25) is 0 Å². The molecule has 4 rings (SSSR count). The summed E-state index contributed by atoms with van der Waals surface area (Å²) in [4.78, 5) is 25.3. The van der Waals surface area contributed by atoms with Gasteiger partial charge in [0.15, 0.2) is 0 Å². The van der Waals surface area contributed by atoms with Crippen molar-refractivity contribution in [2.45, 2.75) is 12.6 Å².